The fraction of sp³-hybridized carbons (Fsp3) is 0.375. The van der Waals surface area contributed by atoms with Crippen molar-refractivity contribution in [1.29, 1.82) is 0 Å². The molecule has 6 nitrogen and oxygen atoms in total. The molecule has 1 aromatic rings. The summed E-state index contributed by atoms with van der Waals surface area (Å²) in [6.45, 7) is 0. The van der Waals surface area contributed by atoms with Crippen LogP contribution in [0.5, 0.6) is 0 Å². The first-order valence-electron chi connectivity index (χ1n) is 4.03. The van der Waals surface area contributed by atoms with Crippen LogP contribution in [0.4, 0.5) is 0 Å². The van der Waals surface area contributed by atoms with Gasteiger partial charge in [0.2, 0.25) is 6.41 Å². The van der Waals surface area contributed by atoms with Gasteiger partial charge in [0, 0.05) is 7.05 Å². The summed E-state index contributed by atoms with van der Waals surface area (Å²) < 4.78 is 1.67. The lowest BCUT2D eigenvalue weighted by Crippen LogP contribution is -2.24. The number of carbonyl (C=O) groups excluding carboxylic acids is 1. The van der Waals surface area contributed by atoms with Crippen molar-refractivity contribution < 1.29 is 14.7 Å². The highest BCUT2D eigenvalue weighted by Gasteiger charge is 2.17. The van der Waals surface area contributed by atoms with Gasteiger partial charge in [-0.3, -0.25) is 9.59 Å². The summed E-state index contributed by atoms with van der Waals surface area (Å²) in [7, 11) is 1.74. The summed E-state index contributed by atoms with van der Waals surface area (Å²) >= 11 is 0. The standard InChI is InChI=1S/C8H11N3O3/c1-11-4-9-3-7(11)6(10-5-12)2-8(13)14/h3-6H,2H2,1H3,(H,10,12)(H,13,14)/t6-/m0/s1. The van der Waals surface area contributed by atoms with E-state index in [1.54, 1.807) is 17.9 Å². The molecule has 2 N–H and O–H groups in total. The molecule has 0 aliphatic heterocycles. The van der Waals surface area contributed by atoms with Crippen LogP contribution in [0.2, 0.25) is 0 Å². The quantitative estimate of drug-likeness (QED) is 0.634. The second-order valence-electron chi connectivity index (χ2n) is 2.86. The predicted molar refractivity (Wildman–Crippen MR) is 47.4 cm³/mol. The number of rotatable bonds is 5. The third-order valence-corrected chi connectivity index (χ3v) is 1.86. The van der Waals surface area contributed by atoms with Crippen LogP contribution in [0.1, 0.15) is 18.2 Å². The summed E-state index contributed by atoms with van der Waals surface area (Å²) in [6.07, 6.45) is 3.42. The van der Waals surface area contributed by atoms with Crippen molar-refractivity contribution in [2.24, 2.45) is 7.05 Å². The Labute approximate surface area is 80.6 Å². The zero-order valence-corrected chi connectivity index (χ0v) is 7.67. The lowest BCUT2D eigenvalue weighted by Gasteiger charge is -2.13. The first-order chi connectivity index (χ1) is 6.65. The maximum Gasteiger partial charge on any atom is 0.305 e. The highest BCUT2D eigenvalue weighted by molar-refractivity contribution is 5.68. The van der Waals surface area contributed by atoms with Crippen LogP contribution in [0.3, 0.4) is 0 Å². The Hall–Kier alpha value is -1.85. The zero-order chi connectivity index (χ0) is 10.6. The maximum atomic E-state index is 10.5. The molecule has 1 heterocycles. The second-order valence-corrected chi connectivity index (χ2v) is 2.86. The number of hydrogen-bond acceptors (Lipinski definition) is 3. The molecule has 0 spiro atoms. The van der Waals surface area contributed by atoms with Gasteiger partial charge in [-0.05, 0) is 0 Å². The van der Waals surface area contributed by atoms with Crippen molar-refractivity contribution >= 4 is 12.4 Å². The molecule has 0 aliphatic rings. The Kier molecular flexibility index (Phi) is 3.22. The molecule has 0 saturated heterocycles. The van der Waals surface area contributed by atoms with E-state index in [1.165, 1.54) is 6.20 Å². The van der Waals surface area contributed by atoms with Gasteiger partial charge in [0.15, 0.2) is 0 Å². The second kappa shape index (κ2) is 4.40. The molecule has 0 saturated carbocycles. The average molecular weight is 197 g/mol. The molecule has 0 radical (unpaired) electrons. The first kappa shape index (κ1) is 10.2. The Balaban J connectivity index is 2.82. The number of imidazole rings is 1. The monoisotopic (exact) mass is 197 g/mol. The van der Waals surface area contributed by atoms with E-state index < -0.39 is 12.0 Å². The highest BCUT2D eigenvalue weighted by Crippen LogP contribution is 2.14. The van der Waals surface area contributed by atoms with Gasteiger partial charge in [0.25, 0.3) is 0 Å². The van der Waals surface area contributed by atoms with Crippen molar-refractivity contribution in [1.82, 2.24) is 14.9 Å². The SMILES string of the molecule is Cn1cncc1[C@H](CC(=O)O)NC=O. The summed E-state index contributed by atoms with van der Waals surface area (Å²) in [5.41, 5.74) is 0.666. The molecule has 1 aromatic heterocycles. The van der Waals surface area contributed by atoms with Crippen LogP contribution in [0.25, 0.3) is 0 Å². The molecule has 0 unspecified atom stereocenters. The summed E-state index contributed by atoms with van der Waals surface area (Å²) in [4.78, 5) is 24.6. The van der Waals surface area contributed by atoms with Crippen LogP contribution in [0.15, 0.2) is 12.5 Å². The third-order valence-electron chi connectivity index (χ3n) is 1.86. The number of carboxylic acids is 1. The van der Waals surface area contributed by atoms with Crippen molar-refractivity contribution in [3.8, 4) is 0 Å². The minimum Gasteiger partial charge on any atom is -0.481 e. The molecule has 14 heavy (non-hydrogen) atoms. The molecule has 0 fully saturated rings. The van der Waals surface area contributed by atoms with Gasteiger partial charge in [-0.25, -0.2) is 4.98 Å². The van der Waals surface area contributed by atoms with E-state index in [4.69, 9.17) is 5.11 Å². The number of amides is 1. The van der Waals surface area contributed by atoms with Gasteiger partial charge < -0.3 is 15.0 Å². The largest absolute Gasteiger partial charge is 0.481 e. The Morgan fingerprint density at radius 2 is 2.57 bits per heavy atom. The number of hydrogen-bond donors (Lipinski definition) is 2. The normalized spacial score (nSPS) is 12.1. The van der Waals surface area contributed by atoms with Crippen molar-refractivity contribution in [3.05, 3.63) is 18.2 Å². The van der Waals surface area contributed by atoms with Crippen molar-refractivity contribution in [2.45, 2.75) is 12.5 Å². The Morgan fingerprint density at radius 1 is 1.86 bits per heavy atom. The fourth-order valence-corrected chi connectivity index (χ4v) is 1.21. The minimum absolute atomic E-state index is 0.154. The number of aryl methyl sites for hydroxylation is 1. The van der Waals surface area contributed by atoms with Crippen LogP contribution in [-0.4, -0.2) is 27.0 Å². The van der Waals surface area contributed by atoms with E-state index in [0.29, 0.717) is 12.1 Å². The summed E-state index contributed by atoms with van der Waals surface area (Å²) in [6, 6.07) is -0.530. The molecule has 0 aliphatic carbocycles. The van der Waals surface area contributed by atoms with E-state index in [0.717, 1.165) is 0 Å². The minimum atomic E-state index is -0.967. The van der Waals surface area contributed by atoms with E-state index in [2.05, 4.69) is 10.3 Å². The highest BCUT2D eigenvalue weighted by atomic mass is 16.4. The van der Waals surface area contributed by atoms with Crippen LogP contribution >= 0.6 is 0 Å². The van der Waals surface area contributed by atoms with Gasteiger partial charge >= 0.3 is 5.97 Å². The number of nitrogens with zero attached hydrogens (tertiary/aromatic N) is 2. The Bertz CT molecular complexity index is 334. The van der Waals surface area contributed by atoms with Crippen LogP contribution in [-0.2, 0) is 16.6 Å². The number of carbonyl (C=O) groups is 2. The number of nitrogens with one attached hydrogen (secondary N) is 1. The average Bonchev–Trinajstić information content (AvgIpc) is 2.50. The van der Waals surface area contributed by atoms with Gasteiger partial charge in [0.05, 0.1) is 30.7 Å². The van der Waals surface area contributed by atoms with Crippen LogP contribution < -0.4 is 5.32 Å². The summed E-state index contributed by atoms with van der Waals surface area (Å²) in [5.74, 6) is -0.967. The van der Waals surface area contributed by atoms with E-state index in [9.17, 15) is 9.59 Å². The molecule has 1 atom stereocenters. The lowest BCUT2D eigenvalue weighted by atomic mass is 10.1. The number of carboxylic acid groups (broad SMARTS) is 1. The molecule has 76 valence electrons. The molecular formula is C8H11N3O3. The van der Waals surface area contributed by atoms with Gasteiger partial charge in [-0.15, -0.1) is 0 Å². The smallest absolute Gasteiger partial charge is 0.305 e. The predicted octanol–water partition coefficient (Wildman–Crippen LogP) is -0.318. The fourth-order valence-electron chi connectivity index (χ4n) is 1.21. The van der Waals surface area contributed by atoms with Crippen molar-refractivity contribution in [2.75, 3.05) is 0 Å². The molecular weight excluding hydrogens is 186 g/mol. The summed E-state index contributed by atoms with van der Waals surface area (Å²) in [5, 5.41) is 11.0. The molecule has 1 amide bonds. The van der Waals surface area contributed by atoms with E-state index >= 15 is 0 Å². The van der Waals surface area contributed by atoms with Gasteiger partial charge in [-0.1, -0.05) is 0 Å². The van der Waals surface area contributed by atoms with Crippen LogP contribution in [0, 0.1) is 0 Å². The molecule has 1 rings (SSSR count). The lowest BCUT2D eigenvalue weighted by molar-refractivity contribution is -0.137. The Morgan fingerprint density at radius 3 is 3.00 bits per heavy atom. The first-order valence-corrected chi connectivity index (χ1v) is 4.03. The van der Waals surface area contributed by atoms with Gasteiger partial charge in [0.1, 0.15) is 0 Å². The maximum absolute atomic E-state index is 10.5. The van der Waals surface area contributed by atoms with Crippen molar-refractivity contribution in [3.63, 3.8) is 0 Å². The zero-order valence-electron chi connectivity index (χ0n) is 7.67. The molecule has 0 bridgehead atoms. The third kappa shape index (κ3) is 2.32. The number of aliphatic carboxylic acids is 1. The molecule has 6 heteroatoms. The number of aromatic nitrogens is 2. The van der Waals surface area contributed by atoms with E-state index in [1.807, 2.05) is 0 Å². The van der Waals surface area contributed by atoms with E-state index in [-0.39, 0.29) is 6.42 Å². The topological polar surface area (TPSA) is 84.2 Å². The van der Waals surface area contributed by atoms with Gasteiger partial charge in [-0.2, -0.15) is 0 Å². The molecule has 0 aromatic carbocycles.